The van der Waals surface area contributed by atoms with Gasteiger partial charge in [-0.2, -0.15) is 0 Å². The minimum Gasteiger partial charge on any atom is -0.493 e. The Hall–Kier alpha value is -2.97. The highest BCUT2D eigenvalue weighted by Crippen LogP contribution is 2.44. The van der Waals surface area contributed by atoms with Gasteiger partial charge in [0.2, 0.25) is 0 Å². The molecule has 1 atom stereocenters. The standard InChI is InChI=1S/C26H28N2O5S/c1-14(2)21-8-16-9-24(33-13-15-6-17(7-15)32-3)19(25-27-4-5-34-25)10-18(16)22-11-23(29)20(26(30)31)12-28(21)22/h4-5,9-12,14-15,17,21H,6-8,13H2,1-3H3,(H,30,31). The Morgan fingerprint density at radius 3 is 2.71 bits per heavy atom. The third-order valence-electron chi connectivity index (χ3n) is 7.01. The third-order valence-corrected chi connectivity index (χ3v) is 7.82. The van der Waals surface area contributed by atoms with E-state index in [0.29, 0.717) is 18.6 Å². The van der Waals surface area contributed by atoms with Crippen molar-refractivity contribution in [3.63, 3.8) is 0 Å². The number of rotatable bonds is 7. The Kier molecular flexibility index (Phi) is 6.04. The molecule has 1 unspecified atom stereocenters. The number of hydrogen-bond donors (Lipinski definition) is 1. The Morgan fingerprint density at radius 1 is 1.26 bits per heavy atom. The summed E-state index contributed by atoms with van der Waals surface area (Å²) in [5.74, 6) is 0.324. The Balaban J connectivity index is 1.60. The van der Waals surface area contributed by atoms with Crippen molar-refractivity contribution in [1.82, 2.24) is 9.55 Å². The van der Waals surface area contributed by atoms with E-state index in [9.17, 15) is 14.7 Å². The smallest absolute Gasteiger partial charge is 0.341 e. The van der Waals surface area contributed by atoms with Crippen molar-refractivity contribution < 1.29 is 19.4 Å². The number of benzene rings is 1. The van der Waals surface area contributed by atoms with Gasteiger partial charge in [-0.1, -0.05) is 13.8 Å². The largest absolute Gasteiger partial charge is 0.493 e. The van der Waals surface area contributed by atoms with E-state index in [0.717, 1.165) is 52.4 Å². The molecule has 0 amide bonds. The van der Waals surface area contributed by atoms with Crippen LogP contribution in [0.25, 0.3) is 21.8 Å². The lowest BCUT2D eigenvalue weighted by Gasteiger charge is -2.35. The van der Waals surface area contributed by atoms with Crippen LogP contribution in [0.15, 0.2) is 40.8 Å². The molecule has 1 aliphatic carbocycles. The first-order chi connectivity index (χ1) is 16.4. The number of aromatic nitrogens is 2. The average Bonchev–Trinajstić information content (AvgIpc) is 3.31. The lowest BCUT2D eigenvalue weighted by atomic mass is 9.83. The first-order valence-electron chi connectivity index (χ1n) is 11.6. The van der Waals surface area contributed by atoms with Gasteiger partial charge in [0.15, 0.2) is 5.43 Å². The summed E-state index contributed by atoms with van der Waals surface area (Å²) < 4.78 is 13.7. The van der Waals surface area contributed by atoms with Crippen LogP contribution in [0.3, 0.4) is 0 Å². The van der Waals surface area contributed by atoms with Gasteiger partial charge >= 0.3 is 5.97 Å². The molecular weight excluding hydrogens is 452 g/mol. The number of ether oxygens (including phenoxy) is 2. The van der Waals surface area contributed by atoms with Gasteiger partial charge in [-0.3, -0.25) is 4.79 Å². The van der Waals surface area contributed by atoms with Crippen LogP contribution in [-0.2, 0) is 11.2 Å². The van der Waals surface area contributed by atoms with Crippen LogP contribution in [0.2, 0.25) is 0 Å². The highest BCUT2D eigenvalue weighted by molar-refractivity contribution is 7.13. The monoisotopic (exact) mass is 480 g/mol. The molecule has 5 rings (SSSR count). The summed E-state index contributed by atoms with van der Waals surface area (Å²) in [4.78, 5) is 28.8. The van der Waals surface area contributed by atoms with Gasteiger partial charge in [-0.15, -0.1) is 11.3 Å². The second-order valence-corrected chi connectivity index (χ2v) is 10.4. The quantitative estimate of drug-likeness (QED) is 0.518. The number of carboxylic acid groups (broad SMARTS) is 1. The Bertz CT molecular complexity index is 1280. The fraction of sp³-hybridized carbons (Fsp3) is 0.423. The molecule has 3 heterocycles. The van der Waals surface area contributed by atoms with Crippen molar-refractivity contribution in [3.05, 3.63) is 57.3 Å². The number of thiazole rings is 1. The second-order valence-electron chi connectivity index (χ2n) is 9.51. The fourth-order valence-electron chi connectivity index (χ4n) is 4.96. The summed E-state index contributed by atoms with van der Waals surface area (Å²) in [6.45, 7) is 4.85. The number of methoxy groups -OCH3 is 1. The first kappa shape index (κ1) is 22.8. The van der Waals surface area contributed by atoms with Gasteiger partial charge in [0.1, 0.15) is 16.3 Å². The Morgan fingerprint density at radius 2 is 2.06 bits per heavy atom. The molecule has 34 heavy (non-hydrogen) atoms. The minimum atomic E-state index is -1.20. The van der Waals surface area contributed by atoms with Gasteiger partial charge in [-0.05, 0) is 48.8 Å². The molecule has 1 N–H and O–H groups in total. The zero-order chi connectivity index (χ0) is 24.0. The van der Waals surface area contributed by atoms with E-state index >= 15 is 0 Å². The van der Waals surface area contributed by atoms with Crippen molar-refractivity contribution in [2.75, 3.05) is 13.7 Å². The van der Waals surface area contributed by atoms with Crippen LogP contribution in [0.4, 0.5) is 0 Å². The molecule has 178 valence electrons. The lowest BCUT2D eigenvalue weighted by Crippen LogP contribution is -2.34. The molecule has 0 radical (unpaired) electrons. The minimum absolute atomic E-state index is 0.0360. The van der Waals surface area contributed by atoms with Crippen molar-refractivity contribution in [1.29, 1.82) is 0 Å². The molecule has 2 aromatic heterocycles. The molecule has 1 fully saturated rings. The molecule has 1 aliphatic heterocycles. The zero-order valence-electron chi connectivity index (χ0n) is 19.5. The van der Waals surface area contributed by atoms with Gasteiger partial charge < -0.3 is 19.1 Å². The number of pyridine rings is 1. The van der Waals surface area contributed by atoms with E-state index in [1.54, 1.807) is 13.3 Å². The SMILES string of the molecule is COC1CC(COc2cc3c(cc2-c2nccs2)-c2cc(=O)c(C(=O)O)cn2C(C(C)C)C3)C1. The van der Waals surface area contributed by atoms with E-state index in [1.165, 1.54) is 23.6 Å². The van der Waals surface area contributed by atoms with E-state index in [2.05, 4.69) is 24.9 Å². The van der Waals surface area contributed by atoms with E-state index < -0.39 is 11.4 Å². The fourth-order valence-corrected chi connectivity index (χ4v) is 5.62. The van der Waals surface area contributed by atoms with Crippen LogP contribution in [0.5, 0.6) is 5.75 Å². The van der Waals surface area contributed by atoms with Crippen molar-refractivity contribution in [3.8, 4) is 27.6 Å². The second kappa shape index (κ2) is 9.00. The van der Waals surface area contributed by atoms with E-state index in [1.807, 2.05) is 16.0 Å². The zero-order valence-corrected chi connectivity index (χ0v) is 20.3. The topological polar surface area (TPSA) is 90.7 Å². The lowest BCUT2D eigenvalue weighted by molar-refractivity contribution is -0.0141. The number of carbonyl (C=O) groups is 1. The molecule has 0 spiro atoms. The molecule has 2 aliphatic rings. The summed E-state index contributed by atoms with van der Waals surface area (Å²) in [7, 11) is 1.75. The van der Waals surface area contributed by atoms with Crippen LogP contribution < -0.4 is 10.2 Å². The van der Waals surface area contributed by atoms with E-state index in [4.69, 9.17) is 9.47 Å². The predicted octanol–water partition coefficient (Wildman–Crippen LogP) is 4.89. The van der Waals surface area contributed by atoms with Crippen molar-refractivity contribution in [2.45, 2.75) is 45.3 Å². The van der Waals surface area contributed by atoms with Gasteiger partial charge in [0, 0.05) is 42.6 Å². The predicted molar refractivity (Wildman–Crippen MR) is 131 cm³/mol. The van der Waals surface area contributed by atoms with Crippen molar-refractivity contribution >= 4 is 17.3 Å². The third kappa shape index (κ3) is 4.05. The van der Waals surface area contributed by atoms with Crippen molar-refractivity contribution in [2.24, 2.45) is 11.8 Å². The summed E-state index contributed by atoms with van der Waals surface area (Å²) in [5, 5.41) is 12.3. The van der Waals surface area contributed by atoms with Crippen LogP contribution in [-0.4, -0.2) is 40.4 Å². The van der Waals surface area contributed by atoms with Crippen LogP contribution in [0, 0.1) is 11.8 Å². The maximum atomic E-state index is 12.6. The maximum Gasteiger partial charge on any atom is 0.341 e. The number of aromatic carboxylic acids is 1. The van der Waals surface area contributed by atoms with Gasteiger partial charge in [-0.25, -0.2) is 9.78 Å². The first-order valence-corrected chi connectivity index (χ1v) is 12.5. The molecule has 0 bridgehead atoms. The van der Waals surface area contributed by atoms with E-state index in [-0.39, 0.29) is 17.5 Å². The molecule has 7 nitrogen and oxygen atoms in total. The normalized spacial score (nSPS) is 21.0. The average molecular weight is 481 g/mol. The number of nitrogens with zero attached hydrogens (tertiary/aromatic N) is 2. The molecule has 3 aromatic rings. The number of fused-ring (bicyclic) bond motifs is 3. The highest BCUT2D eigenvalue weighted by atomic mass is 32.1. The molecule has 8 heteroatoms. The van der Waals surface area contributed by atoms with Gasteiger partial charge in [0.05, 0.1) is 24.0 Å². The summed E-state index contributed by atoms with van der Waals surface area (Å²) >= 11 is 1.54. The summed E-state index contributed by atoms with van der Waals surface area (Å²) in [6, 6.07) is 5.63. The summed E-state index contributed by atoms with van der Waals surface area (Å²) in [5.41, 5.74) is 2.96. The van der Waals surface area contributed by atoms with Crippen LogP contribution >= 0.6 is 11.3 Å². The summed E-state index contributed by atoms with van der Waals surface area (Å²) in [6.07, 6.45) is 6.34. The highest BCUT2D eigenvalue weighted by Gasteiger charge is 2.32. The Labute approximate surface area is 202 Å². The molecule has 1 aromatic carbocycles. The van der Waals surface area contributed by atoms with Crippen LogP contribution in [0.1, 0.15) is 48.7 Å². The maximum absolute atomic E-state index is 12.6. The molecular formula is C26H28N2O5S. The number of hydrogen-bond acceptors (Lipinski definition) is 6. The molecule has 1 saturated carbocycles. The molecule has 0 saturated heterocycles. The number of carboxylic acids is 1. The van der Waals surface area contributed by atoms with Gasteiger partial charge in [0.25, 0.3) is 0 Å².